The van der Waals surface area contributed by atoms with Crippen LogP contribution in [-0.4, -0.2) is 13.7 Å². The lowest BCUT2D eigenvalue weighted by Gasteiger charge is -2.08. The molecule has 0 saturated heterocycles. The number of ether oxygens (including phenoxy) is 2. The maximum absolute atomic E-state index is 5.61. The van der Waals surface area contributed by atoms with Crippen molar-refractivity contribution in [2.75, 3.05) is 19.5 Å². The van der Waals surface area contributed by atoms with Crippen molar-refractivity contribution in [2.45, 2.75) is 13.5 Å². The minimum absolute atomic E-state index is 0.569. The highest BCUT2D eigenvalue weighted by atomic mass is 16.5. The van der Waals surface area contributed by atoms with Crippen LogP contribution in [0.3, 0.4) is 0 Å². The average Bonchev–Trinajstić information content (AvgIpc) is 2.16. The first-order valence-corrected chi connectivity index (χ1v) is 4.28. The van der Waals surface area contributed by atoms with Crippen LogP contribution in [0.2, 0.25) is 0 Å². The summed E-state index contributed by atoms with van der Waals surface area (Å²) >= 11 is 0. The fourth-order valence-corrected chi connectivity index (χ4v) is 1.09. The Kier molecular flexibility index (Phi) is 3.58. The van der Waals surface area contributed by atoms with Crippen molar-refractivity contribution in [2.24, 2.45) is 0 Å². The monoisotopic (exact) mass is 181 g/mol. The van der Waals surface area contributed by atoms with Gasteiger partial charge in [-0.15, -0.1) is 0 Å². The molecule has 0 unspecified atom stereocenters. The summed E-state index contributed by atoms with van der Waals surface area (Å²) in [6.07, 6.45) is 0. The van der Waals surface area contributed by atoms with Gasteiger partial charge in [0.2, 0.25) is 0 Å². The van der Waals surface area contributed by atoms with Crippen molar-refractivity contribution in [1.29, 1.82) is 0 Å². The number of benzene rings is 1. The van der Waals surface area contributed by atoms with Gasteiger partial charge < -0.3 is 15.2 Å². The maximum atomic E-state index is 5.61. The van der Waals surface area contributed by atoms with E-state index in [0.29, 0.717) is 18.9 Å². The van der Waals surface area contributed by atoms with Crippen molar-refractivity contribution in [3.63, 3.8) is 0 Å². The molecule has 0 aliphatic rings. The smallest absolute Gasteiger partial charge is 0.126 e. The normalized spacial score (nSPS) is 10.0. The van der Waals surface area contributed by atoms with Gasteiger partial charge in [0.05, 0.1) is 13.7 Å². The Balaban J connectivity index is 2.79. The number of nitrogen functional groups attached to an aromatic ring is 1. The summed E-state index contributed by atoms with van der Waals surface area (Å²) in [5.41, 5.74) is 7.34. The van der Waals surface area contributed by atoms with Crippen LogP contribution >= 0.6 is 0 Å². The molecule has 3 heteroatoms. The predicted octanol–water partition coefficient (Wildman–Crippen LogP) is 1.81. The number of nitrogens with two attached hydrogens (primary N) is 1. The van der Waals surface area contributed by atoms with Gasteiger partial charge >= 0.3 is 0 Å². The number of rotatable bonds is 4. The highest BCUT2D eigenvalue weighted by molar-refractivity contribution is 5.48. The molecule has 0 aliphatic carbocycles. The molecule has 0 heterocycles. The van der Waals surface area contributed by atoms with Gasteiger partial charge in [-0.1, -0.05) is 6.07 Å². The van der Waals surface area contributed by atoms with E-state index in [2.05, 4.69) is 0 Å². The van der Waals surface area contributed by atoms with Gasteiger partial charge in [0.25, 0.3) is 0 Å². The van der Waals surface area contributed by atoms with Crippen LogP contribution in [0, 0.1) is 0 Å². The lowest BCUT2D eigenvalue weighted by atomic mass is 10.2. The quantitative estimate of drug-likeness (QED) is 0.720. The van der Waals surface area contributed by atoms with Crippen molar-refractivity contribution in [3.05, 3.63) is 23.8 Å². The first-order chi connectivity index (χ1) is 6.27. The SMILES string of the molecule is CCOCc1ccc(N)cc1OC. The van der Waals surface area contributed by atoms with E-state index < -0.39 is 0 Å². The number of methoxy groups -OCH3 is 1. The van der Waals surface area contributed by atoms with E-state index in [1.165, 1.54) is 0 Å². The molecule has 0 atom stereocenters. The molecule has 13 heavy (non-hydrogen) atoms. The highest BCUT2D eigenvalue weighted by Gasteiger charge is 2.02. The summed E-state index contributed by atoms with van der Waals surface area (Å²) in [6, 6.07) is 5.56. The molecular formula is C10H15NO2. The first kappa shape index (κ1) is 9.86. The molecule has 0 fully saturated rings. The Hall–Kier alpha value is -1.22. The third kappa shape index (κ3) is 2.63. The van der Waals surface area contributed by atoms with Crippen molar-refractivity contribution in [3.8, 4) is 5.75 Å². The van der Waals surface area contributed by atoms with Crippen LogP contribution in [0.5, 0.6) is 5.75 Å². The Labute approximate surface area is 78.5 Å². The standard InChI is InChI=1S/C10H15NO2/c1-3-13-7-8-4-5-9(11)6-10(8)12-2/h4-6H,3,7,11H2,1-2H3. The van der Waals surface area contributed by atoms with E-state index in [1.807, 2.05) is 19.1 Å². The molecule has 1 rings (SSSR count). The van der Waals surface area contributed by atoms with Crippen LogP contribution in [0.1, 0.15) is 12.5 Å². The minimum Gasteiger partial charge on any atom is -0.496 e. The van der Waals surface area contributed by atoms with E-state index in [-0.39, 0.29) is 0 Å². The highest BCUT2D eigenvalue weighted by Crippen LogP contribution is 2.21. The minimum atomic E-state index is 0.569. The van der Waals surface area contributed by atoms with Crippen molar-refractivity contribution in [1.82, 2.24) is 0 Å². The molecule has 0 radical (unpaired) electrons. The van der Waals surface area contributed by atoms with Crippen molar-refractivity contribution < 1.29 is 9.47 Å². The fraction of sp³-hybridized carbons (Fsp3) is 0.400. The third-order valence-corrected chi connectivity index (χ3v) is 1.77. The number of hydrogen-bond donors (Lipinski definition) is 1. The summed E-state index contributed by atoms with van der Waals surface area (Å²) in [5.74, 6) is 0.786. The first-order valence-electron chi connectivity index (χ1n) is 4.28. The average molecular weight is 181 g/mol. The molecule has 1 aromatic rings. The zero-order chi connectivity index (χ0) is 9.68. The molecule has 0 aromatic heterocycles. The second-order valence-corrected chi connectivity index (χ2v) is 2.71. The molecular weight excluding hydrogens is 166 g/mol. The third-order valence-electron chi connectivity index (χ3n) is 1.77. The summed E-state index contributed by atoms with van der Waals surface area (Å²) in [7, 11) is 1.63. The number of hydrogen-bond acceptors (Lipinski definition) is 3. The molecule has 0 bridgehead atoms. The maximum Gasteiger partial charge on any atom is 0.126 e. The molecule has 0 aliphatic heterocycles. The molecule has 72 valence electrons. The van der Waals surface area contributed by atoms with Crippen LogP contribution < -0.4 is 10.5 Å². The molecule has 0 saturated carbocycles. The second kappa shape index (κ2) is 4.72. The Morgan fingerprint density at radius 2 is 2.15 bits per heavy atom. The van der Waals surface area contributed by atoms with Crippen LogP contribution in [0.15, 0.2) is 18.2 Å². The summed E-state index contributed by atoms with van der Waals surface area (Å²) in [4.78, 5) is 0. The van der Waals surface area contributed by atoms with Crippen LogP contribution in [-0.2, 0) is 11.3 Å². The largest absolute Gasteiger partial charge is 0.496 e. The Bertz CT molecular complexity index is 274. The van der Waals surface area contributed by atoms with Gasteiger partial charge in [-0.05, 0) is 13.0 Å². The zero-order valence-electron chi connectivity index (χ0n) is 8.04. The van der Waals surface area contributed by atoms with E-state index in [9.17, 15) is 0 Å². The second-order valence-electron chi connectivity index (χ2n) is 2.71. The lowest BCUT2D eigenvalue weighted by molar-refractivity contribution is 0.132. The Morgan fingerprint density at radius 3 is 2.77 bits per heavy atom. The molecule has 2 N–H and O–H groups in total. The summed E-state index contributed by atoms with van der Waals surface area (Å²) in [6.45, 7) is 3.23. The van der Waals surface area contributed by atoms with E-state index in [4.69, 9.17) is 15.2 Å². The fourth-order valence-electron chi connectivity index (χ4n) is 1.09. The van der Waals surface area contributed by atoms with Gasteiger partial charge in [-0.25, -0.2) is 0 Å². The predicted molar refractivity (Wildman–Crippen MR) is 52.7 cm³/mol. The van der Waals surface area contributed by atoms with E-state index >= 15 is 0 Å². The van der Waals surface area contributed by atoms with Crippen molar-refractivity contribution >= 4 is 5.69 Å². The van der Waals surface area contributed by atoms with Gasteiger partial charge in [0.1, 0.15) is 5.75 Å². The summed E-state index contributed by atoms with van der Waals surface area (Å²) in [5, 5.41) is 0. The topological polar surface area (TPSA) is 44.5 Å². The molecule has 3 nitrogen and oxygen atoms in total. The van der Waals surface area contributed by atoms with Gasteiger partial charge in [0.15, 0.2) is 0 Å². The van der Waals surface area contributed by atoms with Gasteiger partial charge in [0, 0.05) is 23.9 Å². The summed E-state index contributed by atoms with van der Waals surface area (Å²) < 4.78 is 10.4. The molecule has 1 aromatic carbocycles. The van der Waals surface area contributed by atoms with Gasteiger partial charge in [-0.3, -0.25) is 0 Å². The van der Waals surface area contributed by atoms with Gasteiger partial charge in [-0.2, -0.15) is 0 Å². The van der Waals surface area contributed by atoms with E-state index in [1.54, 1.807) is 13.2 Å². The Morgan fingerprint density at radius 1 is 1.38 bits per heavy atom. The number of anilines is 1. The molecule has 0 amide bonds. The van der Waals surface area contributed by atoms with Crippen LogP contribution in [0.4, 0.5) is 5.69 Å². The molecule has 0 spiro atoms. The lowest BCUT2D eigenvalue weighted by Crippen LogP contribution is -1.97. The van der Waals surface area contributed by atoms with Crippen LogP contribution in [0.25, 0.3) is 0 Å². The zero-order valence-corrected chi connectivity index (χ0v) is 8.04. The van der Waals surface area contributed by atoms with E-state index in [0.717, 1.165) is 11.3 Å².